The van der Waals surface area contributed by atoms with Crippen molar-refractivity contribution in [2.24, 2.45) is 0 Å². The van der Waals surface area contributed by atoms with Gasteiger partial charge in [-0.15, -0.1) is 0 Å². The van der Waals surface area contributed by atoms with E-state index in [1.807, 2.05) is 0 Å². The van der Waals surface area contributed by atoms with Gasteiger partial charge in [-0.3, -0.25) is 4.84 Å². The summed E-state index contributed by atoms with van der Waals surface area (Å²) in [5.41, 5.74) is 2.93. The van der Waals surface area contributed by atoms with Gasteiger partial charge in [0.15, 0.2) is 0 Å². The van der Waals surface area contributed by atoms with Crippen molar-refractivity contribution in [3.05, 3.63) is 0 Å². The van der Waals surface area contributed by atoms with Gasteiger partial charge >= 0.3 is 0 Å². The van der Waals surface area contributed by atoms with Gasteiger partial charge in [0, 0.05) is 6.54 Å². The topological polar surface area (TPSA) is 30.5 Å². The third-order valence-electron chi connectivity index (χ3n) is 2.29. The van der Waals surface area contributed by atoms with E-state index < -0.39 is 0 Å². The number of rotatable bonds is 5. The first kappa shape index (κ1) is 12.0. The maximum Gasteiger partial charge on any atom is 0.0790 e. The number of hydrogen-bond donors (Lipinski definition) is 1. The maximum atomic E-state index is 5.55. The van der Waals surface area contributed by atoms with Crippen molar-refractivity contribution in [2.45, 2.75) is 58.2 Å². The zero-order valence-corrected chi connectivity index (χ0v) is 9.64. The van der Waals surface area contributed by atoms with Crippen molar-refractivity contribution in [1.82, 2.24) is 5.48 Å². The van der Waals surface area contributed by atoms with Crippen LogP contribution in [0.2, 0.25) is 0 Å². The molecule has 84 valence electrons. The average molecular weight is 201 g/mol. The lowest BCUT2D eigenvalue weighted by Gasteiger charge is -2.20. The quantitative estimate of drug-likeness (QED) is 0.546. The molecule has 0 aromatic carbocycles. The third-order valence-corrected chi connectivity index (χ3v) is 2.29. The lowest BCUT2D eigenvalue weighted by Crippen LogP contribution is -2.29. The zero-order valence-electron chi connectivity index (χ0n) is 9.64. The highest BCUT2D eigenvalue weighted by molar-refractivity contribution is 4.65. The monoisotopic (exact) mass is 201 g/mol. The lowest BCUT2D eigenvalue weighted by molar-refractivity contribution is -0.0528. The van der Waals surface area contributed by atoms with Crippen molar-refractivity contribution in [2.75, 3.05) is 13.2 Å². The molecule has 1 N–H and O–H groups in total. The summed E-state index contributed by atoms with van der Waals surface area (Å²) in [6.07, 6.45) is 5.46. The molecule has 14 heavy (non-hydrogen) atoms. The molecule has 0 aromatic rings. The number of hydrogen-bond acceptors (Lipinski definition) is 3. The van der Waals surface area contributed by atoms with Crippen molar-refractivity contribution < 1.29 is 9.57 Å². The molecule has 1 aliphatic carbocycles. The SMILES string of the molecule is CC(C)(C)OCCNOC1CCCC1. The Bertz CT molecular complexity index is 148. The molecule has 1 rings (SSSR count). The molecule has 1 saturated carbocycles. The normalized spacial score (nSPS) is 19.1. The van der Waals surface area contributed by atoms with E-state index in [9.17, 15) is 0 Å². The van der Waals surface area contributed by atoms with Crippen LogP contribution in [0.1, 0.15) is 46.5 Å². The summed E-state index contributed by atoms with van der Waals surface area (Å²) in [5, 5.41) is 0. The highest BCUT2D eigenvalue weighted by Gasteiger charge is 2.15. The van der Waals surface area contributed by atoms with Crippen LogP contribution in [-0.2, 0) is 9.57 Å². The van der Waals surface area contributed by atoms with Gasteiger partial charge in [-0.05, 0) is 33.6 Å². The molecule has 0 bridgehead atoms. The van der Waals surface area contributed by atoms with Crippen LogP contribution in [0.15, 0.2) is 0 Å². The van der Waals surface area contributed by atoms with E-state index in [-0.39, 0.29) is 5.60 Å². The Morgan fingerprint density at radius 1 is 1.21 bits per heavy atom. The second kappa shape index (κ2) is 5.69. The first-order valence-electron chi connectivity index (χ1n) is 5.60. The number of ether oxygens (including phenoxy) is 1. The van der Waals surface area contributed by atoms with Gasteiger partial charge < -0.3 is 4.74 Å². The van der Waals surface area contributed by atoms with Crippen molar-refractivity contribution in [3.8, 4) is 0 Å². The molecular weight excluding hydrogens is 178 g/mol. The Labute approximate surface area is 87.1 Å². The minimum Gasteiger partial charge on any atom is -0.374 e. The molecule has 0 amide bonds. The van der Waals surface area contributed by atoms with Crippen LogP contribution in [0.4, 0.5) is 0 Å². The van der Waals surface area contributed by atoms with E-state index in [2.05, 4.69) is 26.3 Å². The molecule has 1 fully saturated rings. The van der Waals surface area contributed by atoms with Crippen LogP contribution >= 0.6 is 0 Å². The average Bonchev–Trinajstić information content (AvgIpc) is 2.54. The smallest absolute Gasteiger partial charge is 0.0790 e. The first-order chi connectivity index (χ1) is 6.58. The molecule has 0 aromatic heterocycles. The predicted molar refractivity (Wildman–Crippen MR) is 57.0 cm³/mol. The molecule has 3 heteroatoms. The summed E-state index contributed by atoms with van der Waals surface area (Å²) in [4.78, 5) is 5.49. The molecule has 1 aliphatic rings. The second-order valence-electron chi connectivity index (χ2n) is 4.88. The molecule has 0 spiro atoms. The molecule has 3 nitrogen and oxygen atoms in total. The largest absolute Gasteiger partial charge is 0.374 e. The predicted octanol–water partition coefficient (Wildman–Crippen LogP) is 2.27. The summed E-state index contributed by atoms with van der Waals surface area (Å²) >= 11 is 0. The molecule has 0 radical (unpaired) electrons. The molecule has 0 saturated heterocycles. The van der Waals surface area contributed by atoms with Gasteiger partial charge in [-0.2, -0.15) is 5.48 Å². The van der Waals surface area contributed by atoms with E-state index in [1.165, 1.54) is 25.7 Å². The van der Waals surface area contributed by atoms with Crippen molar-refractivity contribution >= 4 is 0 Å². The molecule has 0 unspecified atom stereocenters. The van der Waals surface area contributed by atoms with Gasteiger partial charge in [-0.25, -0.2) is 0 Å². The molecule has 0 atom stereocenters. The van der Waals surface area contributed by atoms with Gasteiger partial charge in [0.25, 0.3) is 0 Å². The van der Waals surface area contributed by atoms with Gasteiger partial charge in [0.1, 0.15) is 0 Å². The maximum absolute atomic E-state index is 5.55. The molecule has 0 aliphatic heterocycles. The van der Waals surface area contributed by atoms with Crippen LogP contribution in [0.5, 0.6) is 0 Å². The Hall–Kier alpha value is -0.120. The van der Waals surface area contributed by atoms with E-state index in [1.54, 1.807) is 0 Å². The zero-order chi connectivity index (χ0) is 10.4. The fourth-order valence-electron chi connectivity index (χ4n) is 1.58. The van der Waals surface area contributed by atoms with Crippen LogP contribution in [0.3, 0.4) is 0 Å². The summed E-state index contributed by atoms with van der Waals surface area (Å²) in [6.45, 7) is 7.66. The lowest BCUT2D eigenvalue weighted by atomic mass is 10.2. The van der Waals surface area contributed by atoms with Crippen molar-refractivity contribution in [1.29, 1.82) is 0 Å². The second-order valence-corrected chi connectivity index (χ2v) is 4.88. The fraction of sp³-hybridized carbons (Fsp3) is 1.00. The summed E-state index contributed by atoms with van der Waals surface area (Å²) < 4.78 is 5.55. The van der Waals surface area contributed by atoms with Gasteiger partial charge in [-0.1, -0.05) is 12.8 Å². The minimum absolute atomic E-state index is 0.0466. The third kappa shape index (κ3) is 5.58. The minimum atomic E-state index is -0.0466. The Morgan fingerprint density at radius 3 is 2.43 bits per heavy atom. The van der Waals surface area contributed by atoms with Crippen LogP contribution in [0, 0.1) is 0 Å². The van der Waals surface area contributed by atoms with Gasteiger partial charge in [0.05, 0.1) is 18.3 Å². The van der Waals surface area contributed by atoms with Gasteiger partial charge in [0.2, 0.25) is 0 Å². The van der Waals surface area contributed by atoms with E-state index >= 15 is 0 Å². The Kier molecular flexibility index (Phi) is 4.85. The number of hydroxylamine groups is 1. The Morgan fingerprint density at radius 2 is 1.86 bits per heavy atom. The summed E-state index contributed by atoms with van der Waals surface area (Å²) in [7, 11) is 0. The molecular formula is C11H23NO2. The first-order valence-corrected chi connectivity index (χ1v) is 5.60. The van der Waals surface area contributed by atoms with E-state index in [0.717, 1.165) is 6.54 Å². The highest BCUT2D eigenvalue weighted by Crippen LogP contribution is 2.19. The fourth-order valence-corrected chi connectivity index (χ4v) is 1.58. The number of nitrogens with one attached hydrogen (secondary N) is 1. The van der Waals surface area contributed by atoms with Crippen LogP contribution in [0.25, 0.3) is 0 Å². The van der Waals surface area contributed by atoms with Crippen molar-refractivity contribution in [3.63, 3.8) is 0 Å². The van der Waals surface area contributed by atoms with E-state index in [4.69, 9.17) is 9.57 Å². The highest BCUT2D eigenvalue weighted by atomic mass is 16.7. The van der Waals surface area contributed by atoms with Crippen LogP contribution in [-0.4, -0.2) is 24.9 Å². The van der Waals surface area contributed by atoms with Crippen LogP contribution < -0.4 is 5.48 Å². The Balaban J connectivity index is 1.89. The summed E-state index contributed by atoms with van der Waals surface area (Å²) in [5.74, 6) is 0. The molecule has 0 heterocycles. The van der Waals surface area contributed by atoms with E-state index in [0.29, 0.717) is 12.7 Å². The standard InChI is InChI=1S/C11H23NO2/c1-11(2,3)13-9-8-12-14-10-6-4-5-7-10/h10,12H,4-9H2,1-3H3. The summed E-state index contributed by atoms with van der Waals surface area (Å²) in [6, 6.07) is 0.